The lowest BCUT2D eigenvalue weighted by molar-refractivity contribution is -0.158. The van der Waals surface area contributed by atoms with Crippen molar-refractivity contribution in [2.75, 3.05) is 6.61 Å². The molecule has 9 nitrogen and oxygen atoms in total. The fraction of sp³-hybridized carbons (Fsp3) is 0.208. The molecule has 0 spiro atoms. The number of carbonyl (C=O) groups excluding carboxylic acids is 4. The monoisotopic (exact) mass is 852 g/mol. The number of esters is 4. The van der Waals surface area contributed by atoms with Crippen LogP contribution in [0.1, 0.15) is 65.2 Å². The Morgan fingerprint density at radius 2 is 0.984 bits per heavy atom. The predicted octanol–water partition coefficient (Wildman–Crippen LogP) is 11.5. The zero-order chi connectivity index (χ0) is 46.4. The van der Waals surface area contributed by atoms with E-state index in [0.717, 1.165) is 34.2 Å². The van der Waals surface area contributed by atoms with Crippen LogP contribution in [0.5, 0.6) is 11.5 Å². The molecule has 1 N–H and O–H groups in total. The van der Waals surface area contributed by atoms with Crippen LogP contribution in [0.3, 0.4) is 0 Å². The minimum absolute atomic E-state index is 0.267. The minimum atomic E-state index is -1.26. The molecule has 1 unspecified atom stereocenters. The van der Waals surface area contributed by atoms with Crippen molar-refractivity contribution in [3.05, 3.63) is 181 Å². The van der Waals surface area contributed by atoms with Gasteiger partial charge in [-0.2, -0.15) is 0 Å². The van der Waals surface area contributed by atoms with Crippen LogP contribution in [0.2, 0.25) is 0 Å². The summed E-state index contributed by atoms with van der Waals surface area (Å²) in [7, 11) is 0. The Hall–Kier alpha value is -7.17. The summed E-state index contributed by atoms with van der Waals surface area (Å²) in [4.78, 5) is 46.5. The summed E-state index contributed by atoms with van der Waals surface area (Å²) in [5.74, 6) is -1.42. The van der Waals surface area contributed by atoms with Crippen LogP contribution in [-0.2, 0) is 35.1 Å². The van der Waals surface area contributed by atoms with Crippen molar-refractivity contribution in [2.45, 2.75) is 66.1 Å². The Morgan fingerprint density at radius 3 is 1.43 bits per heavy atom. The number of hydrogen-bond acceptors (Lipinski definition) is 9. The molecule has 0 saturated carbocycles. The maximum Gasteiger partial charge on any atom is 0.338 e. The third-order valence-corrected chi connectivity index (χ3v) is 9.35. The zero-order valence-electron chi connectivity index (χ0n) is 36.6. The molecular weight excluding hydrogens is 800 g/mol. The summed E-state index contributed by atoms with van der Waals surface area (Å²) >= 11 is 0. The highest BCUT2D eigenvalue weighted by Gasteiger charge is 2.32. The third kappa shape index (κ3) is 14.5. The number of ether oxygens (including phenoxy) is 4. The Balaban J connectivity index is 0.000000280. The van der Waals surface area contributed by atoms with Crippen molar-refractivity contribution in [3.8, 4) is 44.9 Å². The third-order valence-electron chi connectivity index (χ3n) is 9.35. The maximum absolute atomic E-state index is 14.9. The van der Waals surface area contributed by atoms with Gasteiger partial charge in [0.25, 0.3) is 0 Å². The van der Waals surface area contributed by atoms with E-state index >= 15 is 0 Å². The van der Waals surface area contributed by atoms with E-state index in [1.54, 1.807) is 96.1 Å². The highest BCUT2D eigenvalue weighted by Crippen LogP contribution is 2.33. The van der Waals surface area contributed by atoms with Crippen LogP contribution in [0.4, 0.5) is 4.39 Å². The molecule has 5 rings (SSSR count). The normalized spacial score (nSPS) is 11.2. The predicted molar refractivity (Wildman–Crippen MR) is 244 cm³/mol. The standard InChI is InChI=1S/C29H27FO4.C24H26O5/c1-19(2)28(31)33-17-5-6-21-7-9-22(10-8-21)24-13-16-26(27(30)18-24)23-11-14-25(15-12-23)34-29(32)20(3)4;1-15(2)22(25)28-20-13-11-18(12-14-20)17-7-9-19(10-8-17)21(24(5,6)27)29-23(26)16(3)4/h7-16,18H,1,3,5-6,17H2,2,4H3;7-14,21,27H,1,3H2,2,4-6H3. The number of benzene rings is 5. The van der Waals surface area contributed by atoms with Gasteiger partial charge in [0.05, 0.1) is 6.61 Å². The van der Waals surface area contributed by atoms with E-state index in [-0.39, 0.29) is 17.4 Å². The molecule has 0 fully saturated rings. The van der Waals surface area contributed by atoms with Gasteiger partial charge in [-0.3, -0.25) is 0 Å². The number of hydrogen-bond donors (Lipinski definition) is 1. The first-order chi connectivity index (χ1) is 29.7. The molecular formula is C53H53FO9. The van der Waals surface area contributed by atoms with Crippen LogP contribution in [0, 0.1) is 5.82 Å². The smallest absolute Gasteiger partial charge is 0.338 e. The highest BCUT2D eigenvalue weighted by atomic mass is 19.1. The Kier molecular flexibility index (Phi) is 17.0. The fourth-order valence-electron chi connectivity index (χ4n) is 5.84. The van der Waals surface area contributed by atoms with Crippen molar-refractivity contribution in [1.29, 1.82) is 0 Å². The molecule has 0 amide bonds. The first-order valence-corrected chi connectivity index (χ1v) is 20.1. The molecule has 63 heavy (non-hydrogen) atoms. The lowest BCUT2D eigenvalue weighted by atomic mass is 9.93. The van der Waals surface area contributed by atoms with Crippen molar-refractivity contribution in [1.82, 2.24) is 0 Å². The summed E-state index contributed by atoms with van der Waals surface area (Å²) in [6.45, 7) is 24.1. The minimum Gasteiger partial charge on any atom is -0.462 e. The van der Waals surface area contributed by atoms with Crippen molar-refractivity contribution in [3.63, 3.8) is 0 Å². The van der Waals surface area contributed by atoms with E-state index in [2.05, 4.69) is 26.3 Å². The fourth-order valence-corrected chi connectivity index (χ4v) is 5.84. The molecule has 326 valence electrons. The van der Waals surface area contributed by atoms with Gasteiger partial charge in [0.1, 0.15) is 22.9 Å². The number of carbonyl (C=O) groups is 4. The molecule has 5 aromatic rings. The van der Waals surface area contributed by atoms with Crippen molar-refractivity contribution >= 4 is 23.9 Å². The van der Waals surface area contributed by atoms with E-state index in [1.165, 1.54) is 6.07 Å². The molecule has 0 aliphatic carbocycles. The van der Waals surface area contributed by atoms with Gasteiger partial charge < -0.3 is 24.1 Å². The number of halogens is 1. The molecule has 0 radical (unpaired) electrons. The lowest BCUT2D eigenvalue weighted by Gasteiger charge is -2.29. The quantitative estimate of drug-likeness (QED) is 0.0447. The van der Waals surface area contributed by atoms with E-state index < -0.39 is 29.6 Å². The van der Waals surface area contributed by atoms with Gasteiger partial charge >= 0.3 is 23.9 Å². The molecule has 1 atom stereocenters. The van der Waals surface area contributed by atoms with Crippen LogP contribution < -0.4 is 9.47 Å². The van der Waals surface area contributed by atoms with Gasteiger partial charge in [-0.1, -0.05) is 111 Å². The van der Waals surface area contributed by atoms with Crippen LogP contribution in [0.25, 0.3) is 33.4 Å². The van der Waals surface area contributed by atoms with Gasteiger partial charge in [-0.25, -0.2) is 23.6 Å². The van der Waals surface area contributed by atoms with Gasteiger partial charge in [0.2, 0.25) is 0 Å². The van der Waals surface area contributed by atoms with Gasteiger partial charge in [-0.05, 0) is 124 Å². The molecule has 10 heteroatoms. The maximum atomic E-state index is 14.9. The van der Waals surface area contributed by atoms with Crippen molar-refractivity contribution in [2.24, 2.45) is 0 Å². The Labute approximate surface area is 368 Å². The first-order valence-electron chi connectivity index (χ1n) is 20.1. The molecule has 0 saturated heterocycles. The first kappa shape index (κ1) is 48.5. The molecule has 0 aromatic heterocycles. The second kappa shape index (κ2) is 22.1. The van der Waals surface area contributed by atoms with E-state index in [0.29, 0.717) is 57.9 Å². The largest absolute Gasteiger partial charge is 0.462 e. The van der Waals surface area contributed by atoms with Gasteiger partial charge in [-0.15, -0.1) is 0 Å². The second-order valence-corrected chi connectivity index (χ2v) is 15.6. The molecule has 0 bridgehead atoms. The van der Waals surface area contributed by atoms with Crippen molar-refractivity contribution < 1.29 is 47.6 Å². The molecule has 0 heterocycles. The SMILES string of the molecule is C=C(C)C(=O)OCCCc1ccc(-c2ccc(-c3ccc(OC(=O)C(=C)C)cc3)c(F)c2)cc1.C=C(C)C(=O)Oc1ccc(-c2ccc(C(OC(=O)C(=C)C)C(C)(C)O)cc2)cc1. The second-order valence-electron chi connectivity index (χ2n) is 15.6. The topological polar surface area (TPSA) is 125 Å². The Bertz CT molecular complexity index is 2470. The number of aryl methyl sites for hydroxylation is 1. The average Bonchev–Trinajstić information content (AvgIpc) is 3.24. The van der Waals surface area contributed by atoms with E-state index in [9.17, 15) is 28.7 Å². The Morgan fingerprint density at radius 1 is 0.571 bits per heavy atom. The van der Waals surface area contributed by atoms with Crippen LogP contribution >= 0.6 is 0 Å². The zero-order valence-corrected chi connectivity index (χ0v) is 36.6. The van der Waals surface area contributed by atoms with E-state index in [4.69, 9.17) is 18.9 Å². The summed E-state index contributed by atoms with van der Waals surface area (Å²) < 4.78 is 35.8. The van der Waals surface area contributed by atoms with Crippen LogP contribution in [0.15, 0.2) is 164 Å². The summed E-state index contributed by atoms with van der Waals surface area (Å²) in [5, 5.41) is 10.4. The number of aliphatic hydroxyl groups is 1. The highest BCUT2D eigenvalue weighted by molar-refractivity contribution is 5.90. The summed E-state index contributed by atoms with van der Waals surface area (Å²) in [5.41, 5.74) is 6.49. The average molecular weight is 853 g/mol. The van der Waals surface area contributed by atoms with Crippen LogP contribution in [-0.4, -0.2) is 41.2 Å². The summed E-state index contributed by atoms with van der Waals surface area (Å²) in [6, 6.07) is 34.1. The molecule has 0 aliphatic heterocycles. The van der Waals surface area contributed by atoms with Gasteiger partial charge in [0.15, 0.2) is 6.10 Å². The molecule has 0 aliphatic rings. The van der Waals surface area contributed by atoms with Gasteiger partial charge in [0, 0.05) is 27.9 Å². The number of rotatable bonds is 16. The lowest BCUT2D eigenvalue weighted by Crippen LogP contribution is -2.32. The molecule has 5 aromatic carbocycles. The van der Waals surface area contributed by atoms with E-state index in [1.807, 2.05) is 54.6 Å². The summed E-state index contributed by atoms with van der Waals surface area (Å²) in [6.07, 6.45) is 0.659.